The van der Waals surface area contributed by atoms with E-state index in [0.29, 0.717) is 32.2 Å². The molecule has 0 aliphatic carbocycles. The third-order valence-electron chi connectivity index (χ3n) is 5.71. The number of aliphatic hydroxyl groups is 1. The Bertz CT molecular complexity index is 748. The number of amides is 4. The molecular formula is C22H40N6O7. The van der Waals surface area contributed by atoms with Gasteiger partial charge in [0, 0.05) is 6.54 Å². The molecule has 0 aromatic rings. The Morgan fingerprint density at radius 1 is 1.09 bits per heavy atom. The number of carbonyl (C=O) groups is 5. The van der Waals surface area contributed by atoms with Crippen molar-refractivity contribution >= 4 is 29.6 Å². The summed E-state index contributed by atoms with van der Waals surface area (Å²) in [6.07, 6.45) is 2.89. The second kappa shape index (κ2) is 15.3. The standard InChI is InChI=1S/C22H40N6O7/c1-13(2)10-15(22(34)35)27-20(32)17-7-5-9-28(17)21(33)16(12-29)26-18(30)11-25-19(31)14(24)6-3-4-8-23/h13-17,29H,3-12,23-24H2,1-2H3,(H,25,31)(H,26,30)(H,27,32)(H,34,35)/t14-,15-,16-,17-/m0/s1. The minimum Gasteiger partial charge on any atom is -0.480 e. The lowest BCUT2D eigenvalue weighted by Crippen LogP contribution is -2.57. The number of rotatable bonds is 15. The Balaban J connectivity index is 2.67. The first kappa shape index (κ1) is 30.3. The molecule has 4 amide bonds. The number of aliphatic carboxylic acids is 1. The van der Waals surface area contributed by atoms with Crippen LogP contribution in [0.3, 0.4) is 0 Å². The van der Waals surface area contributed by atoms with Gasteiger partial charge in [-0.2, -0.15) is 0 Å². The van der Waals surface area contributed by atoms with Gasteiger partial charge in [0.25, 0.3) is 0 Å². The SMILES string of the molecule is CC(C)C[C@H](NC(=O)[C@@H]1CCCN1C(=O)[C@H](CO)NC(=O)CNC(=O)[C@@H](N)CCCCN)C(=O)O. The summed E-state index contributed by atoms with van der Waals surface area (Å²) in [5, 5.41) is 26.3. The number of unbranched alkanes of at least 4 members (excludes halogenated alkanes) is 1. The molecule has 0 spiro atoms. The fraction of sp³-hybridized carbons (Fsp3) is 0.773. The second-order valence-electron chi connectivity index (χ2n) is 9.13. The number of likely N-dealkylation sites (tertiary alicyclic amines) is 1. The number of carboxylic acid groups (broad SMARTS) is 1. The van der Waals surface area contributed by atoms with Crippen LogP contribution in [0, 0.1) is 5.92 Å². The molecule has 0 bridgehead atoms. The maximum Gasteiger partial charge on any atom is 0.326 e. The molecule has 0 radical (unpaired) electrons. The van der Waals surface area contributed by atoms with Crippen LogP contribution in [0.2, 0.25) is 0 Å². The molecule has 1 heterocycles. The highest BCUT2D eigenvalue weighted by Gasteiger charge is 2.38. The zero-order chi connectivity index (χ0) is 26.5. The van der Waals surface area contributed by atoms with E-state index in [-0.39, 0.29) is 18.9 Å². The van der Waals surface area contributed by atoms with E-state index >= 15 is 0 Å². The molecule has 9 N–H and O–H groups in total. The highest BCUT2D eigenvalue weighted by molar-refractivity contribution is 5.94. The van der Waals surface area contributed by atoms with Gasteiger partial charge in [-0.15, -0.1) is 0 Å². The Morgan fingerprint density at radius 3 is 2.34 bits per heavy atom. The first-order valence-corrected chi connectivity index (χ1v) is 12.0. The van der Waals surface area contributed by atoms with E-state index < -0.39 is 66.9 Å². The monoisotopic (exact) mass is 500 g/mol. The number of carbonyl (C=O) groups excluding carboxylic acids is 4. The van der Waals surface area contributed by atoms with Gasteiger partial charge in [0.15, 0.2) is 0 Å². The molecule has 1 rings (SSSR count). The van der Waals surface area contributed by atoms with E-state index in [2.05, 4.69) is 16.0 Å². The van der Waals surface area contributed by atoms with Crippen LogP contribution in [0.15, 0.2) is 0 Å². The van der Waals surface area contributed by atoms with E-state index in [1.165, 1.54) is 4.90 Å². The Hall–Kier alpha value is -2.77. The van der Waals surface area contributed by atoms with Crippen molar-refractivity contribution in [2.24, 2.45) is 17.4 Å². The molecule has 13 heteroatoms. The van der Waals surface area contributed by atoms with E-state index in [1.807, 2.05) is 13.8 Å². The van der Waals surface area contributed by atoms with Crippen molar-refractivity contribution in [2.45, 2.75) is 76.5 Å². The molecule has 1 aliphatic heterocycles. The molecular weight excluding hydrogens is 460 g/mol. The number of nitrogens with zero attached hydrogens (tertiary/aromatic N) is 1. The largest absolute Gasteiger partial charge is 0.480 e. The van der Waals surface area contributed by atoms with Crippen LogP contribution >= 0.6 is 0 Å². The first-order valence-electron chi connectivity index (χ1n) is 12.0. The van der Waals surface area contributed by atoms with Gasteiger partial charge < -0.3 is 42.5 Å². The van der Waals surface area contributed by atoms with Crippen molar-refractivity contribution < 1.29 is 34.2 Å². The zero-order valence-electron chi connectivity index (χ0n) is 20.5. The summed E-state index contributed by atoms with van der Waals surface area (Å²) < 4.78 is 0. The summed E-state index contributed by atoms with van der Waals surface area (Å²) in [5.41, 5.74) is 11.2. The smallest absolute Gasteiger partial charge is 0.326 e. The number of carboxylic acids is 1. The number of hydrogen-bond donors (Lipinski definition) is 7. The van der Waals surface area contributed by atoms with Crippen LogP contribution in [0.4, 0.5) is 0 Å². The fourth-order valence-electron chi connectivity index (χ4n) is 3.83. The quantitative estimate of drug-likeness (QED) is 0.119. The van der Waals surface area contributed by atoms with Gasteiger partial charge in [-0.1, -0.05) is 20.3 Å². The lowest BCUT2D eigenvalue weighted by atomic mass is 10.0. The molecule has 35 heavy (non-hydrogen) atoms. The summed E-state index contributed by atoms with van der Waals surface area (Å²) >= 11 is 0. The van der Waals surface area contributed by atoms with Crippen LogP contribution in [-0.2, 0) is 24.0 Å². The van der Waals surface area contributed by atoms with Gasteiger partial charge >= 0.3 is 5.97 Å². The van der Waals surface area contributed by atoms with Crippen molar-refractivity contribution in [3.05, 3.63) is 0 Å². The van der Waals surface area contributed by atoms with Gasteiger partial charge in [-0.3, -0.25) is 19.2 Å². The van der Waals surface area contributed by atoms with Gasteiger partial charge in [0.2, 0.25) is 23.6 Å². The third-order valence-corrected chi connectivity index (χ3v) is 5.71. The average Bonchev–Trinajstić information content (AvgIpc) is 3.29. The minimum absolute atomic E-state index is 0.0349. The van der Waals surface area contributed by atoms with E-state index in [1.54, 1.807) is 0 Å². The first-order chi connectivity index (χ1) is 16.5. The Morgan fingerprint density at radius 2 is 1.77 bits per heavy atom. The molecule has 0 saturated carbocycles. The second-order valence-corrected chi connectivity index (χ2v) is 9.13. The molecule has 4 atom stereocenters. The van der Waals surface area contributed by atoms with Crippen LogP contribution in [0.5, 0.6) is 0 Å². The van der Waals surface area contributed by atoms with Crippen molar-refractivity contribution in [1.82, 2.24) is 20.9 Å². The van der Waals surface area contributed by atoms with Crippen molar-refractivity contribution in [3.8, 4) is 0 Å². The fourth-order valence-corrected chi connectivity index (χ4v) is 3.83. The maximum atomic E-state index is 13.0. The summed E-state index contributed by atoms with van der Waals surface area (Å²) in [6.45, 7) is 3.23. The molecule has 1 aliphatic rings. The lowest BCUT2D eigenvalue weighted by Gasteiger charge is -2.29. The topological polar surface area (TPSA) is 217 Å². The summed E-state index contributed by atoms with van der Waals surface area (Å²) in [5.74, 6) is -3.61. The minimum atomic E-state index is -1.32. The Labute approximate surface area is 205 Å². The molecule has 1 fully saturated rings. The highest BCUT2D eigenvalue weighted by atomic mass is 16.4. The molecule has 0 unspecified atom stereocenters. The predicted molar refractivity (Wildman–Crippen MR) is 127 cm³/mol. The van der Waals surface area contributed by atoms with Gasteiger partial charge in [0.1, 0.15) is 18.1 Å². The number of nitrogens with one attached hydrogen (secondary N) is 3. The van der Waals surface area contributed by atoms with Gasteiger partial charge in [0.05, 0.1) is 19.2 Å². The molecule has 200 valence electrons. The summed E-state index contributed by atoms with van der Waals surface area (Å²) in [7, 11) is 0. The normalized spacial score (nSPS) is 18.0. The van der Waals surface area contributed by atoms with E-state index in [9.17, 15) is 34.2 Å². The van der Waals surface area contributed by atoms with Crippen molar-refractivity contribution in [3.63, 3.8) is 0 Å². The molecule has 0 aromatic carbocycles. The zero-order valence-corrected chi connectivity index (χ0v) is 20.5. The Kier molecular flexibility index (Phi) is 13.2. The van der Waals surface area contributed by atoms with Crippen LogP contribution in [0.25, 0.3) is 0 Å². The molecule has 1 saturated heterocycles. The number of hydrogen-bond acceptors (Lipinski definition) is 8. The number of aliphatic hydroxyl groups excluding tert-OH is 1. The third kappa shape index (κ3) is 10.2. The van der Waals surface area contributed by atoms with E-state index in [0.717, 1.165) is 6.42 Å². The van der Waals surface area contributed by atoms with Crippen LogP contribution in [0.1, 0.15) is 52.4 Å². The van der Waals surface area contributed by atoms with Gasteiger partial charge in [-0.05, 0) is 44.6 Å². The number of nitrogens with two attached hydrogens (primary N) is 2. The maximum absolute atomic E-state index is 13.0. The van der Waals surface area contributed by atoms with Crippen LogP contribution < -0.4 is 27.4 Å². The summed E-state index contributed by atoms with van der Waals surface area (Å²) in [6, 6.07) is -4.11. The van der Waals surface area contributed by atoms with Crippen molar-refractivity contribution in [1.29, 1.82) is 0 Å². The van der Waals surface area contributed by atoms with Crippen LogP contribution in [-0.4, -0.2) is 95.1 Å². The summed E-state index contributed by atoms with van der Waals surface area (Å²) in [4.78, 5) is 62.7. The lowest BCUT2D eigenvalue weighted by molar-refractivity contribution is -0.145. The molecule has 0 aromatic heterocycles. The van der Waals surface area contributed by atoms with Crippen molar-refractivity contribution in [2.75, 3.05) is 26.2 Å². The molecule has 13 nitrogen and oxygen atoms in total. The van der Waals surface area contributed by atoms with E-state index in [4.69, 9.17) is 11.5 Å². The average molecular weight is 501 g/mol. The predicted octanol–water partition coefficient (Wildman–Crippen LogP) is -2.36. The van der Waals surface area contributed by atoms with Gasteiger partial charge in [-0.25, -0.2) is 4.79 Å². The highest BCUT2D eigenvalue weighted by Crippen LogP contribution is 2.19.